The molecule has 1 aliphatic heterocycles. The summed E-state index contributed by atoms with van der Waals surface area (Å²) in [4.78, 5) is 26.7. The summed E-state index contributed by atoms with van der Waals surface area (Å²) in [5.74, 6) is 0.375. The van der Waals surface area contributed by atoms with E-state index in [0.717, 1.165) is 67.2 Å². The second-order valence-electron chi connectivity index (χ2n) is 9.16. The van der Waals surface area contributed by atoms with E-state index in [9.17, 15) is 14.9 Å². The van der Waals surface area contributed by atoms with Crippen molar-refractivity contribution in [3.8, 4) is 6.07 Å². The fraction of sp³-hybridized carbons (Fsp3) is 0.645. The van der Waals surface area contributed by atoms with Crippen LogP contribution in [0.25, 0.3) is 0 Å². The zero-order valence-corrected chi connectivity index (χ0v) is 25.9. The van der Waals surface area contributed by atoms with Crippen LogP contribution in [0.2, 0.25) is 0 Å². The molecule has 6 heteroatoms. The predicted molar refractivity (Wildman–Crippen MR) is 159 cm³/mol. The molecule has 37 heavy (non-hydrogen) atoms. The third-order valence-electron chi connectivity index (χ3n) is 6.20. The van der Waals surface area contributed by atoms with E-state index in [1.165, 1.54) is 16.9 Å². The molecule has 0 aliphatic carbocycles. The van der Waals surface area contributed by atoms with Crippen molar-refractivity contribution >= 4 is 27.9 Å². The van der Waals surface area contributed by atoms with Gasteiger partial charge in [-0.15, -0.1) is 11.3 Å². The lowest BCUT2D eigenvalue weighted by molar-refractivity contribution is -0.115. The van der Waals surface area contributed by atoms with Crippen LogP contribution in [0.4, 0.5) is 5.00 Å². The van der Waals surface area contributed by atoms with Crippen molar-refractivity contribution in [3.63, 3.8) is 0 Å². The van der Waals surface area contributed by atoms with Crippen molar-refractivity contribution in [2.75, 3.05) is 24.7 Å². The normalized spacial score (nSPS) is 13.6. The summed E-state index contributed by atoms with van der Waals surface area (Å²) in [5, 5.41) is 10.4. The maximum Gasteiger partial charge on any atom is 0.165 e. The lowest BCUT2D eigenvalue weighted by Gasteiger charge is -2.34. The average molecular weight is 531 g/mol. The molecule has 0 N–H and O–H groups in total. The number of anilines is 1. The van der Waals surface area contributed by atoms with Gasteiger partial charge in [0.2, 0.25) is 0 Å². The number of thiophene rings is 1. The standard InChI is InChI=1S/C16H22N2O2S.C13H22O.C2H6/c1-4-13(19)15-11(3)16(21-14(15)10-17)18(5-2)12-6-8-20-9-7-12;1-6-8-13(14)12(7-2)11(5)9-10(3)4;1-2/h12H,4-9H2,1-3H3;9H,6-8H2,1-5H3;1-2H3/b;12-11-;. The number of hydrogen-bond acceptors (Lipinski definition) is 6. The summed E-state index contributed by atoms with van der Waals surface area (Å²) < 4.78 is 5.44. The molecule has 0 unspecified atom stereocenters. The quantitative estimate of drug-likeness (QED) is 0.172. The number of hydrogen-bond donors (Lipinski definition) is 0. The van der Waals surface area contributed by atoms with Crippen LogP contribution in [0.3, 0.4) is 0 Å². The molecule has 0 spiro atoms. The molecule has 2 rings (SSSR count). The largest absolute Gasteiger partial charge is 0.381 e. The number of allylic oxidation sites excluding steroid dienone is 4. The van der Waals surface area contributed by atoms with Crippen molar-refractivity contribution < 1.29 is 14.3 Å². The van der Waals surface area contributed by atoms with E-state index in [1.54, 1.807) is 0 Å². The molecular formula is C31H50N2O3S. The highest BCUT2D eigenvalue weighted by molar-refractivity contribution is 7.17. The van der Waals surface area contributed by atoms with E-state index in [4.69, 9.17) is 4.74 Å². The molecular weight excluding hydrogens is 480 g/mol. The topological polar surface area (TPSA) is 70.4 Å². The van der Waals surface area contributed by atoms with Gasteiger partial charge >= 0.3 is 0 Å². The average Bonchev–Trinajstić information content (AvgIpc) is 3.22. The smallest absolute Gasteiger partial charge is 0.165 e. The van der Waals surface area contributed by atoms with Crippen LogP contribution in [0.5, 0.6) is 0 Å². The third kappa shape index (κ3) is 10.6. The minimum Gasteiger partial charge on any atom is -0.381 e. The highest BCUT2D eigenvalue weighted by Gasteiger charge is 2.27. The molecule has 208 valence electrons. The van der Waals surface area contributed by atoms with Crippen molar-refractivity contribution in [3.05, 3.63) is 38.8 Å². The highest BCUT2D eigenvalue weighted by atomic mass is 32.1. The molecule has 0 aromatic carbocycles. The minimum atomic E-state index is 0.0644. The highest BCUT2D eigenvalue weighted by Crippen LogP contribution is 2.38. The monoisotopic (exact) mass is 530 g/mol. The molecule has 0 saturated carbocycles. The Kier molecular flexibility index (Phi) is 17.8. The van der Waals surface area contributed by atoms with Crippen LogP contribution >= 0.6 is 11.3 Å². The molecule has 1 aromatic rings. The van der Waals surface area contributed by atoms with Crippen molar-refractivity contribution in [2.24, 2.45) is 0 Å². The van der Waals surface area contributed by atoms with Gasteiger partial charge in [-0.05, 0) is 77.0 Å². The van der Waals surface area contributed by atoms with E-state index in [0.29, 0.717) is 35.1 Å². The number of nitrogens with zero attached hydrogens (tertiary/aromatic N) is 2. The molecule has 0 amide bonds. The first-order chi connectivity index (χ1) is 17.7. The molecule has 0 atom stereocenters. The van der Waals surface area contributed by atoms with Crippen LogP contribution in [0.15, 0.2) is 22.8 Å². The van der Waals surface area contributed by atoms with Gasteiger partial charge in [-0.1, -0.05) is 46.3 Å². The number of rotatable bonds is 10. The van der Waals surface area contributed by atoms with Gasteiger partial charge in [0.1, 0.15) is 10.9 Å². The van der Waals surface area contributed by atoms with E-state index in [2.05, 4.69) is 37.8 Å². The molecule has 1 fully saturated rings. The second kappa shape index (κ2) is 18.9. The molecule has 1 aliphatic rings. The summed E-state index contributed by atoms with van der Waals surface area (Å²) in [6.07, 6.45) is 6.99. The molecule has 0 bridgehead atoms. The van der Waals surface area contributed by atoms with Gasteiger partial charge in [0.05, 0.1) is 10.6 Å². The fourth-order valence-electron chi connectivity index (χ4n) is 4.53. The van der Waals surface area contributed by atoms with Gasteiger partial charge < -0.3 is 9.64 Å². The van der Waals surface area contributed by atoms with Crippen LogP contribution in [-0.2, 0) is 9.53 Å². The third-order valence-corrected chi connectivity index (χ3v) is 7.44. The Bertz CT molecular complexity index is 956. The lowest BCUT2D eigenvalue weighted by atomic mass is 9.98. The van der Waals surface area contributed by atoms with E-state index in [-0.39, 0.29) is 5.78 Å². The Morgan fingerprint density at radius 2 is 1.68 bits per heavy atom. The predicted octanol–water partition coefficient (Wildman–Crippen LogP) is 8.60. The second-order valence-corrected chi connectivity index (χ2v) is 10.2. The van der Waals surface area contributed by atoms with Gasteiger partial charge in [0.25, 0.3) is 0 Å². The summed E-state index contributed by atoms with van der Waals surface area (Å²) in [6.45, 7) is 22.6. The number of ether oxygens (including phenoxy) is 1. The van der Waals surface area contributed by atoms with Crippen molar-refractivity contribution in [2.45, 2.75) is 114 Å². The molecule has 5 nitrogen and oxygen atoms in total. The molecule has 0 radical (unpaired) electrons. The SMILES string of the molecule is CC.CCC(=O)c1c(C#N)sc(N(CC)C2CCOCC2)c1C.CCCC(=O)/C(CC)=C(/C)C=C(C)C. The zero-order chi connectivity index (χ0) is 28.5. The number of carbonyl (C=O) groups excluding carboxylic acids is 2. The van der Waals surface area contributed by atoms with Gasteiger partial charge in [-0.25, -0.2) is 0 Å². The van der Waals surface area contributed by atoms with Gasteiger partial charge in [0.15, 0.2) is 11.6 Å². The van der Waals surface area contributed by atoms with E-state index in [1.807, 2.05) is 48.5 Å². The van der Waals surface area contributed by atoms with Crippen LogP contribution in [-0.4, -0.2) is 37.4 Å². The van der Waals surface area contributed by atoms with Crippen LogP contribution in [0, 0.1) is 18.3 Å². The minimum absolute atomic E-state index is 0.0644. The Morgan fingerprint density at radius 1 is 1.08 bits per heavy atom. The first-order valence-corrected chi connectivity index (χ1v) is 14.8. The summed E-state index contributed by atoms with van der Waals surface area (Å²) in [7, 11) is 0. The Morgan fingerprint density at radius 3 is 2.11 bits per heavy atom. The summed E-state index contributed by atoms with van der Waals surface area (Å²) >= 11 is 1.46. The van der Waals surface area contributed by atoms with E-state index >= 15 is 0 Å². The molecule has 1 saturated heterocycles. The zero-order valence-electron chi connectivity index (χ0n) is 25.0. The number of Topliss-reactive ketones (excluding diaryl/α,β-unsaturated/α-hetero) is 2. The first kappa shape index (κ1) is 34.8. The molecule has 1 aromatic heterocycles. The Balaban J connectivity index is 0.000000709. The number of ketones is 2. The van der Waals surface area contributed by atoms with Crippen LogP contribution in [0.1, 0.15) is 122 Å². The fourth-order valence-corrected chi connectivity index (χ4v) is 5.78. The maximum atomic E-state index is 12.1. The lowest BCUT2D eigenvalue weighted by Crippen LogP contribution is -2.39. The Labute approximate surface area is 230 Å². The number of carbonyl (C=O) groups is 2. The maximum absolute atomic E-state index is 12.1. The molecule has 2 heterocycles. The van der Waals surface area contributed by atoms with Gasteiger partial charge in [-0.2, -0.15) is 5.26 Å². The van der Waals surface area contributed by atoms with Gasteiger partial charge in [0, 0.05) is 38.6 Å². The van der Waals surface area contributed by atoms with Crippen molar-refractivity contribution in [1.29, 1.82) is 5.26 Å². The van der Waals surface area contributed by atoms with Crippen molar-refractivity contribution in [1.82, 2.24) is 0 Å². The van der Waals surface area contributed by atoms with E-state index < -0.39 is 0 Å². The number of nitriles is 1. The Hall–Kier alpha value is -2.23. The van der Waals surface area contributed by atoms with Gasteiger partial charge in [-0.3, -0.25) is 9.59 Å². The summed E-state index contributed by atoms with van der Waals surface area (Å²) in [6, 6.07) is 2.64. The first-order valence-electron chi connectivity index (χ1n) is 13.9. The summed E-state index contributed by atoms with van der Waals surface area (Å²) in [5.41, 5.74) is 4.97. The van der Waals surface area contributed by atoms with Crippen LogP contribution < -0.4 is 4.90 Å².